The number of H-pyrrole nitrogens is 1. The summed E-state index contributed by atoms with van der Waals surface area (Å²) in [6, 6.07) is 6.63. The number of fused-ring (bicyclic) bond motifs is 1. The zero-order valence-corrected chi connectivity index (χ0v) is 15.2. The maximum atomic E-state index is 12.3. The first-order chi connectivity index (χ1) is 12.9. The van der Waals surface area contributed by atoms with Crippen LogP contribution in [0.1, 0.15) is 19.4 Å². The molecule has 0 bridgehead atoms. The third-order valence-electron chi connectivity index (χ3n) is 4.14. The van der Waals surface area contributed by atoms with Gasteiger partial charge in [-0.3, -0.25) is 18.9 Å². The number of nitrogens with one attached hydrogen (secondary N) is 2. The van der Waals surface area contributed by atoms with Crippen LogP contribution in [-0.4, -0.2) is 29.9 Å². The molecule has 0 fully saturated rings. The lowest BCUT2D eigenvalue weighted by Gasteiger charge is -2.06. The molecule has 0 spiro atoms. The highest BCUT2D eigenvalue weighted by Crippen LogP contribution is 2.16. The zero-order valence-electron chi connectivity index (χ0n) is 15.2. The number of phenolic OH excluding ortho intramolecular Hbond substituents is 1. The second-order valence-corrected chi connectivity index (χ2v) is 5.96. The van der Waals surface area contributed by atoms with Crippen LogP contribution in [0, 0.1) is 0 Å². The number of benzene rings is 1. The SMILES string of the molecule is C/C=C/Cn1c(N/N=C(/C)c2ccc(O)cc2)nc2c1c(=O)[nH]c(=O)n2C. The fraction of sp³-hybridized carbons (Fsp3) is 0.222. The molecule has 0 saturated heterocycles. The molecule has 0 unspecified atom stereocenters. The molecule has 27 heavy (non-hydrogen) atoms. The van der Waals surface area contributed by atoms with E-state index >= 15 is 0 Å². The van der Waals surface area contributed by atoms with Gasteiger partial charge in [-0.05, 0) is 43.7 Å². The number of allylic oxidation sites excluding steroid dienone is 2. The van der Waals surface area contributed by atoms with Crippen LogP contribution < -0.4 is 16.7 Å². The van der Waals surface area contributed by atoms with Gasteiger partial charge in [0, 0.05) is 13.6 Å². The summed E-state index contributed by atoms with van der Waals surface area (Å²) in [5, 5.41) is 13.7. The first-order valence-electron chi connectivity index (χ1n) is 8.32. The van der Waals surface area contributed by atoms with Crippen LogP contribution in [0.25, 0.3) is 11.2 Å². The van der Waals surface area contributed by atoms with Crippen molar-refractivity contribution in [3.8, 4) is 5.75 Å². The van der Waals surface area contributed by atoms with Gasteiger partial charge in [-0.1, -0.05) is 12.2 Å². The minimum absolute atomic E-state index is 0.174. The van der Waals surface area contributed by atoms with Gasteiger partial charge in [0.2, 0.25) is 5.95 Å². The number of aromatic amines is 1. The second kappa shape index (κ2) is 7.32. The average Bonchev–Trinajstić information content (AvgIpc) is 3.02. The summed E-state index contributed by atoms with van der Waals surface area (Å²) in [5.41, 5.74) is 3.89. The molecular weight excluding hydrogens is 348 g/mol. The number of imidazole rings is 1. The van der Waals surface area contributed by atoms with Gasteiger partial charge in [-0.2, -0.15) is 10.1 Å². The van der Waals surface area contributed by atoms with Gasteiger partial charge in [0.05, 0.1) is 5.71 Å². The molecule has 0 saturated carbocycles. The number of aromatic hydroxyl groups is 1. The van der Waals surface area contributed by atoms with Crippen molar-refractivity contribution in [2.75, 3.05) is 5.43 Å². The van der Waals surface area contributed by atoms with Gasteiger partial charge in [0.25, 0.3) is 5.56 Å². The first kappa shape index (κ1) is 18.2. The number of aryl methyl sites for hydroxylation is 1. The Morgan fingerprint density at radius 3 is 2.70 bits per heavy atom. The second-order valence-electron chi connectivity index (χ2n) is 5.96. The van der Waals surface area contributed by atoms with E-state index in [0.29, 0.717) is 18.2 Å². The third-order valence-corrected chi connectivity index (χ3v) is 4.14. The molecule has 0 aliphatic carbocycles. The van der Waals surface area contributed by atoms with E-state index in [9.17, 15) is 14.7 Å². The fourth-order valence-electron chi connectivity index (χ4n) is 2.61. The summed E-state index contributed by atoms with van der Waals surface area (Å²) in [5.74, 6) is 0.515. The van der Waals surface area contributed by atoms with Crippen molar-refractivity contribution in [2.24, 2.45) is 12.1 Å². The standard InChI is InChI=1S/C18H20N6O3/c1-4-5-10-24-14-15(23(3)18(27)20-16(14)26)19-17(24)22-21-11(2)12-6-8-13(25)9-7-12/h4-9,25H,10H2,1-3H3,(H,19,22)(H,20,26,27)/b5-4+,21-11-. The minimum atomic E-state index is -0.529. The van der Waals surface area contributed by atoms with Gasteiger partial charge in [0.15, 0.2) is 11.2 Å². The van der Waals surface area contributed by atoms with Crippen LogP contribution in [-0.2, 0) is 13.6 Å². The lowest BCUT2D eigenvalue weighted by Crippen LogP contribution is -2.29. The van der Waals surface area contributed by atoms with Gasteiger partial charge in [-0.25, -0.2) is 10.2 Å². The number of phenols is 1. The summed E-state index contributed by atoms with van der Waals surface area (Å²) in [6.07, 6.45) is 3.73. The van der Waals surface area contributed by atoms with E-state index in [0.717, 1.165) is 5.56 Å². The largest absolute Gasteiger partial charge is 0.508 e. The van der Waals surface area contributed by atoms with Gasteiger partial charge in [0.1, 0.15) is 5.75 Å². The smallest absolute Gasteiger partial charge is 0.329 e. The van der Waals surface area contributed by atoms with Crippen LogP contribution in [0.2, 0.25) is 0 Å². The third kappa shape index (κ3) is 3.52. The molecule has 2 heterocycles. The van der Waals surface area contributed by atoms with Crippen LogP contribution in [0.5, 0.6) is 5.75 Å². The number of anilines is 1. The highest BCUT2D eigenvalue weighted by atomic mass is 16.3. The molecule has 9 heteroatoms. The predicted molar refractivity (Wildman–Crippen MR) is 104 cm³/mol. The Bertz CT molecular complexity index is 1150. The van der Waals surface area contributed by atoms with Crippen molar-refractivity contribution in [2.45, 2.75) is 20.4 Å². The first-order valence-corrected chi connectivity index (χ1v) is 8.32. The van der Waals surface area contributed by atoms with E-state index in [-0.39, 0.29) is 16.9 Å². The van der Waals surface area contributed by atoms with Crippen molar-refractivity contribution in [1.29, 1.82) is 0 Å². The van der Waals surface area contributed by atoms with Gasteiger partial charge >= 0.3 is 5.69 Å². The Kier molecular flexibility index (Phi) is 4.93. The Hall–Kier alpha value is -3.62. The van der Waals surface area contributed by atoms with Gasteiger partial charge in [-0.15, -0.1) is 0 Å². The molecule has 0 aliphatic rings. The maximum absolute atomic E-state index is 12.3. The summed E-state index contributed by atoms with van der Waals surface area (Å²) in [4.78, 5) is 30.8. The number of hydrazone groups is 1. The molecule has 0 amide bonds. The lowest BCUT2D eigenvalue weighted by atomic mass is 10.1. The van der Waals surface area contributed by atoms with Crippen LogP contribution >= 0.6 is 0 Å². The van der Waals surface area contributed by atoms with Crippen molar-refractivity contribution in [3.05, 3.63) is 62.8 Å². The zero-order chi connectivity index (χ0) is 19.6. The van der Waals surface area contributed by atoms with E-state index in [1.54, 1.807) is 42.8 Å². The number of nitrogens with zero attached hydrogens (tertiary/aromatic N) is 4. The maximum Gasteiger partial charge on any atom is 0.329 e. The molecule has 140 valence electrons. The Morgan fingerprint density at radius 2 is 2.04 bits per heavy atom. The van der Waals surface area contributed by atoms with Crippen LogP contribution in [0.4, 0.5) is 5.95 Å². The Morgan fingerprint density at radius 1 is 1.33 bits per heavy atom. The van der Waals surface area contributed by atoms with E-state index in [1.807, 2.05) is 19.1 Å². The molecule has 3 N–H and O–H groups in total. The van der Waals surface area contributed by atoms with Crippen molar-refractivity contribution >= 4 is 22.8 Å². The molecule has 3 aromatic rings. The summed E-state index contributed by atoms with van der Waals surface area (Å²) in [6.45, 7) is 4.07. The van der Waals surface area contributed by atoms with Crippen molar-refractivity contribution in [1.82, 2.24) is 19.1 Å². The predicted octanol–water partition coefficient (Wildman–Crippen LogP) is 1.54. The van der Waals surface area contributed by atoms with E-state index in [1.165, 1.54) is 4.57 Å². The average molecular weight is 368 g/mol. The number of rotatable bonds is 5. The van der Waals surface area contributed by atoms with E-state index in [4.69, 9.17) is 0 Å². The molecule has 9 nitrogen and oxygen atoms in total. The number of hydrogen-bond acceptors (Lipinski definition) is 6. The molecule has 0 radical (unpaired) electrons. The summed E-state index contributed by atoms with van der Waals surface area (Å²) in [7, 11) is 1.54. The highest BCUT2D eigenvalue weighted by molar-refractivity contribution is 5.99. The molecular formula is C18H20N6O3. The Balaban J connectivity index is 2.07. The minimum Gasteiger partial charge on any atom is -0.508 e. The topological polar surface area (TPSA) is 117 Å². The Labute approximate surface area is 154 Å². The molecule has 2 aromatic heterocycles. The van der Waals surface area contributed by atoms with Crippen molar-refractivity contribution in [3.63, 3.8) is 0 Å². The fourth-order valence-corrected chi connectivity index (χ4v) is 2.61. The summed E-state index contributed by atoms with van der Waals surface area (Å²) >= 11 is 0. The quantitative estimate of drug-likeness (QED) is 0.359. The summed E-state index contributed by atoms with van der Waals surface area (Å²) < 4.78 is 2.94. The van der Waals surface area contributed by atoms with Gasteiger partial charge < -0.3 is 5.11 Å². The normalized spacial score (nSPS) is 12.2. The number of aromatic nitrogens is 4. The van der Waals surface area contributed by atoms with E-state index in [2.05, 4.69) is 20.5 Å². The van der Waals surface area contributed by atoms with E-state index < -0.39 is 11.2 Å². The van der Waals surface area contributed by atoms with Crippen LogP contribution in [0.15, 0.2) is 51.1 Å². The number of hydrogen-bond donors (Lipinski definition) is 3. The lowest BCUT2D eigenvalue weighted by molar-refractivity contribution is 0.475. The monoisotopic (exact) mass is 368 g/mol. The molecule has 1 aromatic carbocycles. The highest BCUT2D eigenvalue weighted by Gasteiger charge is 2.16. The molecule has 3 rings (SSSR count). The van der Waals surface area contributed by atoms with Crippen molar-refractivity contribution < 1.29 is 5.11 Å². The molecule has 0 aliphatic heterocycles. The van der Waals surface area contributed by atoms with Crippen LogP contribution in [0.3, 0.4) is 0 Å². The molecule has 0 atom stereocenters.